The second-order valence-corrected chi connectivity index (χ2v) is 5.32. The van der Waals surface area contributed by atoms with E-state index >= 15 is 0 Å². The summed E-state index contributed by atoms with van der Waals surface area (Å²) in [5.74, 6) is -0.232. The Labute approximate surface area is 131 Å². The van der Waals surface area contributed by atoms with Gasteiger partial charge in [-0.05, 0) is 19.1 Å². The summed E-state index contributed by atoms with van der Waals surface area (Å²) >= 11 is 0. The van der Waals surface area contributed by atoms with Gasteiger partial charge in [0.15, 0.2) is 5.82 Å². The molecule has 1 aliphatic rings. The molecular weight excluding hydrogens is 306 g/mol. The number of aryl methyl sites for hydroxylation is 1. The van der Waals surface area contributed by atoms with E-state index in [1.54, 1.807) is 22.8 Å². The van der Waals surface area contributed by atoms with Crippen LogP contribution in [0.15, 0.2) is 28.8 Å². The first-order valence-electron chi connectivity index (χ1n) is 7.22. The van der Waals surface area contributed by atoms with Crippen molar-refractivity contribution in [3.8, 4) is 0 Å². The zero-order valence-electron chi connectivity index (χ0n) is 12.6. The molecule has 2 amide bonds. The summed E-state index contributed by atoms with van der Waals surface area (Å²) in [4.78, 5) is 15.5. The number of amides is 2. The number of carbonyl (C=O) groups is 1. The number of halogens is 2. The summed E-state index contributed by atoms with van der Waals surface area (Å²) < 4.78 is 31.6. The van der Waals surface area contributed by atoms with Crippen molar-refractivity contribution in [2.75, 3.05) is 36.4 Å². The average Bonchev–Trinajstić information content (AvgIpc) is 2.92. The van der Waals surface area contributed by atoms with Crippen molar-refractivity contribution >= 4 is 17.5 Å². The smallest absolute Gasteiger partial charge is 0.323 e. The number of hydrogen-bond acceptors (Lipinski definition) is 4. The Hall–Kier alpha value is -2.64. The number of nitrogens with zero attached hydrogens (tertiary/aromatic N) is 3. The normalized spacial score (nSPS) is 14.9. The van der Waals surface area contributed by atoms with E-state index in [0.717, 1.165) is 6.07 Å². The highest BCUT2D eigenvalue weighted by Crippen LogP contribution is 2.21. The molecule has 1 aromatic heterocycles. The van der Waals surface area contributed by atoms with Crippen LogP contribution in [0.25, 0.3) is 0 Å². The van der Waals surface area contributed by atoms with E-state index in [1.165, 1.54) is 12.1 Å². The van der Waals surface area contributed by atoms with E-state index in [4.69, 9.17) is 4.52 Å². The van der Waals surface area contributed by atoms with E-state index in [-0.39, 0.29) is 6.03 Å². The molecule has 2 heterocycles. The lowest BCUT2D eigenvalue weighted by Crippen LogP contribution is -2.50. The maximum absolute atomic E-state index is 13.8. The number of anilines is 2. The van der Waals surface area contributed by atoms with Crippen LogP contribution in [-0.2, 0) is 0 Å². The molecule has 3 rings (SSSR count). The van der Waals surface area contributed by atoms with Gasteiger partial charge >= 0.3 is 6.03 Å². The standard InChI is InChI=1S/C15H16F2N4O2/c1-10-8-14(19-23-10)18-15(22)21-6-4-20(5-7-21)13-3-2-11(16)9-12(13)17/h2-3,8-9H,4-7H2,1H3,(H,18,19,22). The fourth-order valence-electron chi connectivity index (χ4n) is 2.50. The van der Waals surface area contributed by atoms with Gasteiger partial charge in [0.1, 0.15) is 17.4 Å². The molecule has 1 N–H and O–H groups in total. The van der Waals surface area contributed by atoms with Crippen LogP contribution in [0.4, 0.5) is 25.1 Å². The Bertz CT molecular complexity index is 711. The zero-order chi connectivity index (χ0) is 16.4. The Morgan fingerprint density at radius 3 is 2.57 bits per heavy atom. The Kier molecular flexibility index (Phi) is 4.14. The molecule has 0 spiro atoms. The molecular formula is C15H16F2N4O2. The van der Waals surface area contributed by atoms with Crippen LogP contribution in [0.1, 0.15) is 5.76 Å². The molecule has 0 bridgehead atoms. The van der Waals surface area contributed by atoms with Gasteiger partial charge in [-0.25, -0.2) is 13.6 Å². The van der Waals surface area contributed by atoms with Gasteiger partial charge in [0.05, 0.1) is 5.69 Å². The summed E-state index contributed by atoms with van der Waals surface area (Å²) in [6.07, 6.45) is 0. The molecule has 1 aliphatic heterocycles. The fraction of sp³-hybridized carbons (Fsp3) is 0.333. The number of piperazine rings is 1. The number of urea groups is 1. The van der Waals surface area contributed by atoms with Crippen molar-refractivity contribution in [3.63, 3.8) is 0 Å². The SMILES string of the molecule is Cc1cc(NC(=O)N2CCN(c3ccc(F)cc3F)CC2)no1. The van der Waals surface area contributed by atoms with Crippen LogP contribution in [0, 0.1) is 18.6 Å². The second-order valence-electron chi connectivity index (χ2n) is 5.32. The van der Waals surface area contributed by atoms with Gasteiger partial charge in [-0.15, -0.1) is 0 Å². The summed E-state index contributed by atoms with van der Waals surface area (Å²) in [6.45, 7) is 3.53. The lowest BCUT2D eigenvalue weighted by Gasteiger charge is -2.36. The van der Waals surface area contributed by atoms with Crippen LogP contribution in [0.3, 0.4) is 0 Å². The molecule has 0 saturated carbocycles. The number of aromatic nitrogens is 1. The first-order valence-corrected chi connectivity index (χ1v) is 7.22. The number of rotatable bonds is 2. The van der Waals surface area contributed by atoms with Crippen LogP contribution in [0.2, 0.25) is 0 Å². The summed E-state index contributed by atoms with van der Waals surface area (Å²) in [6, 6.07) is 4.85. The number of nitrogens with one attached hydrogen (secondary N) is 1. The summed E-state index contributed by atoms with van der Waals surface area (Å²) in [5.41, 5.74) is 0.346. The minimum Gasteiger partial charge on any atom is -0.366 e. The maximum atomic E-state index is 13.8. The molecule has 0 radical (unpaired) electrons. The monoisotopic (exact) mass is 322 g/mol. The minimum atomic E-state index is -0.604. The zero-order valence-corrected chi connectivity index (χ0v) is 12.6. The molecule has 0 atom stereocenters. The highest BCUT2D eigenvalue weighted by atomic mass is 19.1. The molecule has 8 heteroatoms. The van der Waals surface area contributed by atoms with Gasteiger partial charge < -0.3 is 14.3 Å². The van der Waals surface area contributed by atoms with Gasteiger partial charge in [-0.1, -0.05) is 5.16 Å². The van der Waals surface area contributed by atoms with Gasteiger partial charge in [0, 0.05) is 38.3 Å². The largest absolute Gasteiger partial charge is 0.366 e. The summed E-state index contributed by atoms with van der Waals surface area (Å²) in [5, 5.41) is 6.35. The van der Waals surface area contributed by atoms with Crippen molar-refractivity contribution < 1.29 is 18.1 Å². The molecule has 0 unspecified atom stereocenters. The molecule has 1 fully saturated rings. The van der Waals surface area contributed by atoms with Crippen molar-refractivity contribution in [3.05, 3.63) is 41.7 Å². The topological polar surface area (TPSA) is 61.6 Å². The van der Waals surface area contributed by atoms with Crippen molar-refractivity contribution in [2.24, 2.45) is 0 Å². The van der Waals surface area contributed by atoms with Crippen LogP contribution >= 0.6 is 0 Å². The van der Waals surface area contributed by atoms with E-state index < -0.39 is 11.6 Å². The van der Waals surface area contributed by atoms with Crippen molar-refractivity contribution in [1.82, 2.24) is 10.1 Å². The summed E-state index contributed by atoms with van der Waals surface area (Å²) in [7, 11) is 0. The van der Waals surface area contributed by atoms with Gasteiger partial charge in [0.25, 0.3) is 0 Å². The van der Waals surface area contributed by atoms with Gasteiger partial charge in [0.2, 0.25) is 0 Å². The van der Waals surface area contributed by atoms with Crippen molar-refractivity contribution in [1.29, 1.82) is 0 Å². The lowest BCUT2D eigenvalue weighted by molar-refractivity contribution is 0.208. The molecule has 122 valence electrons. The number of carbonyl (C=O) groups excluding carboxylic acids is 1. The predicted octanol–water partition coefficient (Wildman–Crippen LogP) is 2.62. The Balaban J connectivity index is 1.58. The van der Waals surface area contributed by atoms with Crippen LogP contribution in [0.5, 0.6) is 0 Å². The first kappa shape index (κ1) is 15.3. The third-order valence-corrected chi connectivity index (χ3v) is 3.68. The Morgan fingerprint density at radius 1 is 1.22 bits per heavy atom. The molecule has 23 heavy (non-hydrogen) atoms. The van der Waals surface area contributed by atoms with E-state index in [2.05, 4.69) is 10.5 Å². The molecule has 1 saturated heterocycles. The predicted molar refractivity (Wildman–Crippen MR) is 80.4 cm³/mol. The first-order chi connectivity index (χ1) is 11.0. The second kappa shape index (κ2) is 6.23. The van der Waals surface area contributed by atoms with E-state index in [1.807, 2.05) is 0 Å². The third-order valence-electron chi connectivity index (χ3n) is 3.68. The highest BCUT2D eigenvalue weighted by Gasteiger charge is 2.23. The van der Waals surface area contributed by atoms with Gasteiger partial charge in [-0.2, -0.15) is 0 Å². The molecule has 6 nitrogen and oxygen atoms in total. The minimum absolute atomic E-state index is 0.280. The quantitative estimate of drug-likeness (QED) is 0.923. The fourth-order valence-corrected chi connectivity index (χ4v) is 2.50. The maximum Gasteiger partial charge on any atom is 0.323 e. The van der Waals surface area contributed by atoms with E-state index in [9.17, 15) is 13.6 Å². The Morgan fingerprint density at radius 2 is 1.96 bits per heavy atom. The average molecular weight is 322 g/mol. The van der Waals surface area contributed by atoms with Crippen molar-refractivity contribution in [2.45, 2.75) is 6.92 Å². The number of hydrogen-bond donors (Lipinski definition) is 1. The molecule has 0 aliphatic carbocycles. The van der Waals surface area contributed by atoms with E-state index in [0.29, 0.717) is 43.4 Å². The van der Waals surface area contributed by atoms with Crippen LogP contribution in [-0.4, -0.2) is 42.3 Å². The van der Waals surface area contributed by atoms with Crippen LogP contribution < -0.4 is 10.2 Å². The molecule has 2 aromatic rings. The highest BCUT2D eigenvalue weighted by molar-refractivity contribution is 5.88. The lowest BCUT2D eigenvalue weighted by atomic mass is 10.2. The molecule has 1 aromatic carbocycles. The number of benzene rings is 1. The van der Waals surface area contributed by atoms with Gasteiger partial charge in [-0.3, -0.25) is 5.32 Å². The third kappa shape index (κ3) is 3.41.